The maximum atomic E-state index is 16.2. The van der Waals surface area contributed by atoms with E-state index in [1.54, 1.807) is 0 Å². The number of halogens is 3. The van der Waals surface area contributed by atoms with E-state index in [9.17, 15) is 9.50 Å². The molecule has 36 heavy (non-hydrogen) atoms. The van der Waals surface area contributed by atoms with E-state index in [2.05, 4.69) is 45.2 Å². The first-order chi connectivity index (χ1) is 17.4. The van der Waals surface area contributed by atoms with Crippen LogP contribution in [-0.4, -0.2) is 52.3 Å². The van der Waals surface area contributed by atoms with Crippen molar-refractivity contribution >= 4 is 55.6 Å². The van der Waals surface area contributed by atoms with Gasteiger partial charge < -0.3 is 14.7 Å². The first-order valence-corrected chi connectivity index (χ1v) is 12.9. The minimum atomic E-state index is -0.708. The molecule has 12 heteroatoms. The number of aromatic nitrogens is 3. The van der Waals surface area contributed by atoms with Crippen LogP contribution in [0.5, 0.6) is 11.8 Å². The Morgan fingerprint density at radius 2 is 2.11 bits per heavy atom. The minimum Gasteiger partial charge on any atom is -0.508 e. The first-order valence-electron chi connectivity index (χ1n) is 11.3. The largest absolute Gasteiger partial charge is 0.508 e. The Bertz CT molecular complexity index is 1520. The standard InChI is InChI=1S/C24H21BrF2N6O2S/c1-35-23-30-21-15(22(31-23)33-6-2-5-24(11-33)10-29-36-32-24)9-28-20(19(21)27)14-8-13(34)7-12-3-4-16(26)18(25)17(12)14/h3-4,7-9,29,32,34H,2,5-6,10-11H2,1H3. The van der Waals surface area contributed by atoms with Crippen LogP contribution in [0.15, 0.2) is 34.9 Å². The summed E-state index contributed by atoms with van der Waals surface area (Å²) in [6, 6.07) is 5.70. The third kappa shape index (κ3) is 3.83. The van der Waals surface area contributed by atoms with Crippen molar-refractivity contribution in [2.24, 2.45) is 0 Å². The van der Waals surface area contributed by atoms with Gasteiger partial charge in [-0.3, -0.25) is 4.98 Å². The lowest BCUT2D eigenvalue weighted by molar-refractivity contribution is 0.336. The van der Waals surface area contributed by atoms with Crippen molar-refractivity contribution < 1.29 is 18.6 Å². The first kappa shape index (κ1) is 23.6. The molecule has 3 N–H and O–H groups in total. The fourth-order valence-corrected chi connectivity index (χ4v) is 6.45. The second-order valence-electron chi connectivity index (χ2n) is 9.00. The highest BCUT2D eigenvalue weighted by Crippen LogP contribution is 2.41. The van der Waals surface area contributed by atoms with Gasteiger partial charge in [-0.1, -0.05) is 6.07 Å². The molecule has 2 saturated heterocycles. The quantitative estimate of drug-likeness (QED) is 0.301. The molecule has 186 valence electrons. The van der Waals surface area contributed by atoms with E-state index in [1.165, 1.54) is 49.7 Å². The van der Waals surface area contributed by atoms with Crippen LogP contribution < -0.4 is 19.1 Å². The zero-order chi connectivity index (χ0) is 25.0. The number of methoxy groups -OCH3 is 1. The summed E-state index contributed by atoms with van der Waals surface area (Å²) in [6.07, 6.45) is 3.48. The average Bonchev–Trinajstić information content (AvgIpc) is 3.32. The van der Waals surface area contributed by atoms with Gasteiger partial charge in [0.15, 0.2) is 5.82 Å². The second-order valence-corrected chi connectivity index (χ2v) is 10.5. The van der Waals surface area contributed by atoms with Crippen LogP contribution in [0.3, 0.4) is 0 Å². The number of hydrogen-bond acceptors (Lipinski definition) is 9. The lowest BCUT2D eigenvalue weighted by Gasteiger charge is -2.40. The number of phenolic OH excluding ortho intramolecular Hbond substituents is 1. The normalized spacial score (nSPS) is 20.1. The topological polar surface area (TPSA) is 95.4 Å². The van der Waals surface area contributed by atoms with E-state index >= 15 is 4.39 Å². The SMILES string of the molecule is COc1nc(N2CCCC3(CNSN3)C2)c2cnc(-c3cc(O)cc4ccc(F)c(Br)c34)c(F)c2n1. The van der Waals surface area contributed by atoms with E-state index in [1.807, 2.05) is 0 Å². The Labute approximate surface area is 217 Å². The van der Waals surface area contributed by atoms with E-state index in [0.717, 1.165) is 25.9 Å². The molecule has 2 aromatic heterocycles. The van der Waals surface area contributed by atoms with Gasteiger partial charge in [-0.25, -0.2) is 18.2 Å². The second kappa shape index (κ2) is 8.94. The fourth-order valence-electron chi connectivity index (χ4n) is 5.00. The monoisotopic (exact) mass is 574 g/mol. The van der Waals surface area contributed by atoms with Crippen LogP contribution in [0.1, 0.15) is 12.8 Å². The maximum Gasteiger partial charge on any atom is 0.318 e. The third-order valence-corrected chi connectivity index (χ3v) is 8.30. The Morgan fingerprint density at radius 1 is 1.25 bits per heavy atom. The number of aromatic hydroxyl groups is 1. The molecule has 1 atom stereocenters. The van der Waals surface area contributed by atoms with Gasteiger partial charge in [0.2, 0.25) is 0 Å². The van der Waals surface area contributed by atoms with Gasteiger partial charge in [0.1, 0.15) is 28.6 Å². The zero-order valence-electron chi connectivity index (χ0n) is 19.1. The molecule has 1 unspecified atom stereocenters. The molecule has 2 aromatic carbocycles. The molecule has 4 aromatic rings. The van der Waals surface area contributed by atoms with E-state index in [-0.39, 0.29) is 38.5 Å². The van der Waals surface area contributed by atoms with E-state index in [0.29, 0.717) is 28.5 Å². The van der Waals surface area contributed by atoms with Crippen LogP contribution >= 0.6 is 28.1 Å². The summed E-state index contributed by atoms with van der Waals surface area (Å²) >= 11 is 4.76. The molecule has 2 aliphatic heterocycles. The number of nitrogens with zero attached hydrogens (tertiary/aromatic N) is 4. The highest BCUT2D eigenvalue weighted by molar-refractivity contribution is 9.10. The summed E-state index contributed by atoms with van der Waals surface area (Å²) in [5.41, 5.74) is 0.105. The molecule has 0 bridgehead atoms. The number of ether oxygens (including phenoxy) is 1. The lowest BCUT2D eigenvalue weighted by atomic mass is 9.90. The predicted octanol–water partition coefficient (Wildman–Crippen LogP) is 4.69. The number of anilines is 1. The van der Waals surface area contributed by atoms with Gasteiger partial charge in [-0.2, -0.15) is 9.97 Å². The summed E-state index contributed by atoms with van der Waals surface area (Å²) in [7, 11) is 1.43. The van der Waals surface area contributed by atoms with Crippen molar-refractivity contribution in [2.75, 3.05) is 31.6 Å². The molecule has 0 aliphatic carbocycles. The van der Waals surface area contributed by atoms with Crippen LogP contribution in [-0.2, 0) is 0 Å². The van der Waals surface area contributed by atoms with Crippen molar-refractivity contribution in [3.63, 3.8) is 0 Å². The van der Waals surface area contributed by atoms with Gasteiger partial charge in [0, 0.05) is 48.9 Å². The summed E-state index contributed by atoms with van der Waals surface area (Å²) in [5.74, 6) is -0.762. The number of piperidine rings is 1. The van der Waals surface area contributed by atoms with Gasteiger partial charge in [0.05, 0.1) is 22.5 Å². The summed E-state index contributed by atoms with van der Waals surface area (Å²) in [5, 5.41) is 11.7. The molecule has 2 aliphatic rings. The fraction of sp³-hybridized carbons (Fsp3) is 0.292. The van der Waals surface area contributed by atoms with E-state index in [4.69, 9.17) is 4.74 Å². The van der Waals surface area contributed by atoms with Gasteiger partial charge in [-0.15, -0.1) is 0 Å². The molecule has 0 amide bonds. The van der Waals surface area contributed by atoms with Crippen LogP contribution in [0.25, 0.3) is 32.9 Å². The number of fused-ring (bicyclic) bond motifs is 2. The van der Waals surface area contributed by atoms with Gasteiger partial charge in [-0.05, 0) is 52.4 Å². The summed E-state index contributed by atoms with van der Waals surface area (Å²) in [6.45, 7) is 2.23. The van der Waals surface area contributed by atoms with Crippen LogP contribution in [0.2, 0.25) is 0 Å². The van der Waals surface area contributed by atoms with Crippen LogP contribution in [0, 0.1) is 11.6 Å². The van der Waals surface area contributed by atoms with Gasteiger partial charge >= 0.3 is 6.01 Å². The molecule has 2 fully saturated rings. The molecule has 8 nitrogen and oxygen atoms in total. The van der Waals surface area contributed by atoms with Crippen LogP contribution in [0.4, 0.5) is 14.6 Å². The van der Waals surface area contributed by atoms with Crippen molar-refractivity contribution in [3.8, 4) is 23.0 Å². The highest BCUT2D eigenvalue weighted by atomic mass is 79.9. The van der Waals surface area contributed by atoms with Gasteiger partial charge in [0.25, 0.3) is 0 Å². The number of pyridine rings is 1. The summed E-state index contributed by atoms with van der Waals surface area (Å²) < 4.78 is 42.8. The molecule has 4 heterocycles. The molecule has 0 saturated carbocycles. The molecular weight excluding hydrogens is 554 g/mol. The maximum absolute atomic E-state index is 16.2. The summed E-state index contributed by atoms with van der Waals surface area (Å²) in [4.78, 5) is 15.4. The predicted molar refractivity (Wildman–Crippen MR) is 139 cm³/mol. The molecule has 6 rings (SSSR count). The minimum absolute atomic E-state index is 0.0352. The lowest BCUT2D eigenvalue weighted by Crippen LogP contribution is -2.55. The van der Waals surface area contributed by atoms with Crippen molar-refractivity contribution in [2.45, 2.75) is 18.4 Å². The zero-order valence-corrected chi connectivity index (χ0v) is 21.5. The Kier molecular flexibility index (Phi) is 5.86. The smallest absolute Gasteiger partial charge is 0.318 e. The Morgan fingerprint density at radius 3 is 2.89 bits per heavy atom. The van der Waals surface area contributed by atoms with E-state index < -0.39 is 11.6 Å². The average molecular weight is 575 g/mol. The van der Waals surface area contributed by atoms with Crippen molar-refractivity contribution in [3.05, 3.63) is 46.6 Å². The number of phenols is 1. The number of hydrogen-bond donors (Lipinski definition) is 3. The Hall–Kier alpha value is -2.80. The Balaban J connectivity index is 1.55. The highest BCUT2D eigenvalue weighted by Gasteiger charge is 2.39. The van der Waals surface area contributed by atoms with Crippen molar-refractivity contribution in [1.29, 1.82) is 0 Å². The molecule has 1 spiro atoms. The van der Waals surface area contributed by atoms with Crippen molar-refractivity contribution in [1.82, 2.24) is 24.4 Å². The number of nitrogens with one attached hydrogen (secondary N) is 2. The number of benzene rings is 2. The molecule has 0 radical (unpaired) electrons. The third-order valence-electron chi connectivity index (χ3n) is 6.70. The molecular formula is C24H21BrF2N6O2S. The number of rotatable bonds is 3.